The third kappa shape index (κ3) is 7.79. The standard InChI is InChI=1S/C15H18N4.C10H21N/c1-11-5-4-6-13(16-2)15(11)19-10-12-7-8-18-14(9-12)17-3;1-3-4-5-10-6-8-11(2)9-7-10/h4-10,16H,1-3H3,(H,17,18);10H,3-9H2,1-2H3. The van der Waals surface area contributed by atoms with E-state index in [0.29, 0.717) is 0 Å². The lowest BCUT2D eigenvalue weighted by Gasteiger charge is -2.28. The fraction of sp³-hybridized carbons (Fsp3) is 0.520. The van der Waals surface area contributed by atoms with Crippen LogP contribution in [-0.4, -0.2) is 50.3 Å². The molecule has 1 fully saturated rings. The summed E-state index contributed by atoms with van der Waals surface area (Å²) in [7, 11) is 5.99. The number of pyridine rings is 1. The van der Waals surface area contributed by atoms with Crippen LogP contribution in [0.3, 0.4) is 0 Å². The van der Waals surface area contributed by atoms with Crippen LogP contribution < -0.4 is 10.6 Å². The van der Waals surface area contributed by atoms with Gasteiger partial charge in [0.1, 0.15) is 5.82 Å². The van der Waals surface area contributed by atoms with Gasteiger partial charge in [-0.05, 0) is 75.1 Å². The van der Waals surface area contributed by atoms with Crippen molar-refractivity contribution in [2.75, 3.05) is 44.9 Å². The second-order valence-corrected chi connectivity index (χ2v) is 8.09. The number of piperidine rings is 1. The Balaban J connectivity index is 0.000000248. The van der Waals surface area contributed by atoms with Crippen molar-refractivity contribution in [3.05, 3.63) is 47.7 Å². The van der Waals surface area contributed by atoms with Crippen LogP contribution in [0.4, 0.5) is 17.2 Å². The van der Waals surface area contributed by atoms with Crippen molar-refractivity contribution in [1.82, 2.24) is 9.88 Å². The highest BCUT2D eigenvalue weighted by Gasteiger charge is 2.15. The number of rotatable bonds is 7. The number of para-hydroxylation sites is 1. The Bertz CT molecular complexity index is 776. The summed E-state index contributed by atoms with van der Waals surface area (Å²) >= 11 is 0. The summed E-state index contributed by atoms with van der Waals surface area (Å²) in [6.07, 6.45) is 10.8. The topological polar surface area (TPSA) is 52.5 Å². The van der Waals surface area contributed by atoms with Crippen molar-refractivity contribution >= 4 is 23.4 Å². The van der Waals surface area contributed by atoms with Gasteiger partial charge in [-0.25, -0.2) is 4.98 Å². The fourth-order valence-electron chi connectivity index (χ4n) is 3.68. The zero-order chi connectivity index (χ0) is 21.8. The minimum atomic E-state index is 0.836. The maximum Gasteiger partial charge on any atom is 0.126 e. The first-order valence-corrected chi connectivity index (χ1v) is 11.2. The zero-order valence-corrected chi connectivity index (χ0v) is 19.4. The summed E-state index contributed by atoms with van der Waals surface area (Å²) in [5.74, 6) is 1.88. The van der Waals surface area contributed by atoms with Gasteiger partial charge < -0.3 is 15.5 Å². The maximum atomic E-state index is 4.58. The van der Waals surface area contributed by atoms with E-state index in [1.165, 1.54) is 45.2 Å². The predicted octanol–water partition coefficient (Wildman–Crippen LogP) is 5.74. The van der Waals surface area contributed by atoms with Gasteiger partial charge in [-0.1, -0.05) is 38.3 Å². The Morgan fingerprint density at radius 2 is 1.93 bits per heavy atom. The smallest absolute Gasteiger partial charge is 0.126 e. The Kier molecular flexibility index (Phi) is 10.4. The van der Waals surface area contributed by atoms with Crippen molar-refractivity contribution in [3.8, 4) is 0 Å². The molecule has 5 nitrogen and oxygen atoms in total. The van der Waals surface area contributed by atoms with Gasteiger partial charge in [0.2, 0.25) is 0 Å². The molecule has 30 heavy (non-hydrogen) atoms. The summed E-state index contributed by atoms with van der Waals surface area (Å²) in [4.78, 5) is 11.2. The average Bonchev–Trinajstić information content (AvgIpc) is 2.78. The number of nitrogens with zero attached hydrogens (tertiary/aromatic N) is 3. The van der Waals surface area contributed by atoms with Gasteiger partial charge >= 0.3 is 0 Å². The molecular weight excluding hydrogens is 370 g/mol. The highest BCUT2D eigenvalue weighted by atomic mass is 15.1. The third-order valence-corrected chi connectivity index (χ3v) is 5.69. The van der Waals surface area contributed by atoms with Gasteiger partial charge in [0.15, 0.2) is 0 Å². The first-order chi connectivity index (χ1) is 14.6. The molecule has 0 amide bonds. The molecule has 0 bridgehead atoms. The van der Waals surface area contributed by atoms with Gasteiger partial charge in [0.05, 0.1) is 11.4 Å². The van der Waals surface area contributed by atoms with Crippen LogP contribution in [0.15, 0.2) is 41.5 Å². The van der Waals surface area contributed by atoms with E-state index in [0.717, 1.165) is 34.2 Å². The monoisotopic (exact) mass is 409 g/mol. The summed E-state index contributed by atoms with van der Waals surface area (Å²) in [5, 5.41) is 6.17. The van der Waals surface area contributed by atoms with Crippen LogP contribution in [-0.2, 0) is 0 Å². The minimum absolute atomic E-state index is 0.836. The second kappa shape index (κ2) is 13.0. The molecule has 1 aliphatic heterocycles. The van der Waals surface area contributed by atoms with Crippen LogP contribution >= 0.6 is 0 Å². The van der Waals surface area contributed by atoms with E-state index in [1.54, 1.807) is 6.20 Å². The van der Waals surface area contributed by atoms with Gasteiger partial charge in [-0.3, -0.25) is 4.99 Å². The summed E-state index contributed by atoms with van der Waals surface area (Å²) < 4.78 is 0. The number of aryl methyl sites for hydroxylation is 1. The molecule has 164 valence electrons. The molecule has 0 unspecified atom stereocenters. The fourth-order valence-corrected chi connectivity index (χ4v) is 3.68. The number of hydrogen-bond donors (Lipinski definition) is 2. The number of nitrogens with one attached hydrogen (secondary N) is 2. The van der Waals surface area contributed by atoms with E-state index in [1.807, 2.05) is 44.6 Å². The van der Waals surface area contributed by atoms with Crippen molar-refractivity contribution in [2.24, 2.45) is 10.9 Å². The molecule has 2 heterocycles. The lowest BCUT2D eigenvalue weighted by molar-refractivity contribution is 0.210. The van der Waals surface area contributed by atoms with E-state index >= 15 is 0 Å². The molecule has 1 saturated heterocycles. The number of hydrogen-bond acceptors (Lipinski definition) is 5. The van der Waals surface area contributed by atoms with Crippen molar-refractivity contribution in [3.63, 3.8) is 0 Å². The van der Waals surface area contributed by atoms with Crippen LogP contribution in [0.1, 0.15) is 50.2 Å². The van der Waals surface area contributed by atoms with Crippen LogP contribution in [0, 0.1) is 12.8 Å². The largest absolute Gasteiger partial charge is 0.386 e. The Hall–Kier alpha value is -2.40. The Morgan fingerprint density at radius 3 is 2.60 bits per heavy atom. The second-order valence-electron chi connectivity index (χ2n) is 8.09. The zero-order valence-electron chi connectivity index (χ0n) is 19.4. The van der Waals surface area contributed by atoms with E-state index in [9.17, 15) is 0 Å². The number of unbranched alkanes of at least 4 members (excludes halogenated alkanes) is 1. The van der Waals surface area contributed by atoms with Crippen LogP contribution in [0.2, 0.25) is 0 Å². The lowest BCUT2D eigenvalue weighted by Crippen LogP contribution is -2.30. The van der Waals surface area contributed by atoms with E-state index < -0.39 is 0 Å². The van der Waals surface area contributed by atoms with Crippen molar-refractivity contribution in [1.29, 1.82) is 0 Å². The van der Waals surface area contributed by atoms with Crippen molar-refractivity contribution in [2.45, 2.75) is 46.0 Å². The number of benzene rings is 1. The minimum Gasteiger partial charge on any atom is -0.386 e. The summed E-state index contributed by atoms with van der Waals surface area (Å²) in [6, 6.07) is 9.98. The van der Waals surface area contributed by atoms with E-state index in [2.05, 4.69) is 52.5 Å². The quantitative estimate of drug-likeness (QED) is 0.572. The number of aromatic nitrogens is 1. The normalized spacial score (nSPS) is 15.0. The number of anilines is 2. The van der Waals surface area contributed by atoms with Gasteiger partial charge in [-0.15, -0.1) is 0 Å². The molecule has 2 N–H and O–H groups in total. The first kappa shape index (κ1) is 23.9. The molecule has 5 heteroatoms. The van der Waals surface area contributed by atoms with Crippen LogP contribution in [0.25, 0.3) is 0 Å². The highest BCUT2D eigenvalue weighted by molar-refractivity contribution is 5.85. The first-order valence-electron chi connectivity index (χ1n) is 11.2. The lowest BCUT2D eigenvalue weighted by atomic mass is 9.92. The molecule has 3 rings (SSSR count). The highest BCUT2D eigenvalue weighted by Crippen LogP contribution is 2.28. The van der Waals surface area contributed by atoms with Crippen molar-refractivity contribution < 1.29 is 0 Å². The SMILES string of the molecule is CCCCC1CCN(C)CC1.CNc1cc(C=Nc2c(C)cccc2NC)ccn1. The molecule has 0 aliphatic carbocycles. The molecular formula is C25H39N5. The average molecular weight is 410 g/mol. The third-order valence-electron chi connectivity index (χ3n) is 5.69. The summed E-state index contributed by atoms with van der Waals surface area (Å²) in [6.45, 7) is 7.00. The summed E-state index contributed by atoms with van der Waals surface area (Å²) in [5.41, 5.74) is 4.16. The molecule has 0 spiro atoms. The Morgan fingerprint density at radius 1 is 1.17 bits per heavy atom. The predicted molar refractivity (Wildman–Crippen MR) is 132 cm³/mol. The van der Waals surface area contributed by atoms with Gasteiger partial charge in [-0.2, -0.15) is 0 Å². The van der Waals surface area contributed by atoms with Gasteiger partial charge in [0, 0.05) is 26.5 Å². The molecule has 1 aromatic carbocycles. The molecule has 2 aromatic rings. The Labute approximate surface area is 183 Å². The van der Waals surface area contributed by atoms with Crippen LogP contribution in [0.5, 0.6) is 0 Å². The number of aliphatic imine (C=N–C) groups is 1. The molecule has 0 saturated carbocycles. The molecule has 1 aliphatic rings. The molecule has 1 aromatic heterocycles. The molecule has 0 radical (unpaired) electrons. The number of likely N-dealkylation sites (tertiary alicyclic amines) is 1. The maximum absolute atomic E-state index is 4.58. The molecule has 0 atom stereocenters. The van der Waals surface area contributed by atoms with E-state index in [4.69, 9.17) is 0 Å². The van der Waals surface area contributed by atoms with Gasteiger partial charge in [0.25, 0.3) is 0 Å². The van der Waals surface area contributed by atoms with E-state index in [-0.39, 0.29) is 0 Å².